The summed E-state index contributed by atoms with van der Waals surface area (Å²) in [7, 11) is 0. The lowest BCUT2D eigenvalue weighted by Gasteiger charge is -2.25. The Kier molecular flexibility index (Phi) is 9.03. The van der Waals surface area contributed by atoms with Gasteiger partial charge in [-0.15, -0.1) is 0 Å². The van der Waals surface area contributed by atoms with Crippen LogP contribution in [-0.4, -0.2) is 42.4 Å². The summed E-state index contributed by atoms with van der Waals surface area (Å²) in [4.78, 5) is 46.8. The van der Waals surface area contributed by atoms with Crippen molar-refractivity contribution in [1.29, 1.82) is 0 Å². The van der Waals surface area contributed by atoms with Crippen LogP contribution < -0.4 is 15.5 Å². The monoisotopic (exact) mass is 560 g/mol. The Hall–Kier alpha value is -5.24. The highest BCUT2D eigenvalue weighted by molar-refractivity contribution is 6.20. The van der Waals surface area contributed by atoms with E-state index in [1.54, 1.807) is 4.90 Å². The largest absolute Gasteiger partial charge is 0.445 e. The zero-order valence-corrected chi connectivity index (χ0v) is 23.3. The van der Waals surface area contributed by atoms with Crippen molar-refractivity contribution in [2.45, 2.75) is 32.2 Å². The van der Waals surface area contributed by atoms with Gasteiger partial charge in [0, 0.05) is 24.1 Å². The molecular weight excluding hydrogens is 528 g/mol. The minimum atomic E-state index is -1.21. The molecule has 2 N–H and O–H groups in total. The Morgan fingerprint density at radius 1 is 0.833 bits per heavy atom. The third kappa shape index (κ3) is 6.72. The number of aliphatic imine (C=N–C) groups is 1. The van der Waals surface area contributed by atoms with Gasteiger partial charge >= 0.3 is 6.09 Å². The molecule has 0 radical (unpaired) electrons. The summed E-state index contributed by atoms with van der Waals surface area (Å²) in [5, 5.41) is 5.51. The number of carbonyl (C=O) groups is 3. The summed E-state index contributed by atoms with van der Waals surface area (Å²) in [5.41, 5.74) is 4.58. The van der Waals surface area contributed by atoms with E-state index in [-0.39, 0.29) is 18.9 Å². The average molecular weight is 561 g/mol. The Morgan fingerprint density at radius 2 is 1.43 bits per heavy atom. The standard InChI is InChI=1S/C34H32N4O4/c1-2-38-29-21-13-12-20-27(29)30(26-18-10-5-11-19-26)36-31(33(38)40)37-32(39)28(22-24-14-6-3-7-15-24)35-34(41)42-23-25-16-8-4-9-17-25/h3-21,28,31H,2,22-23H2,1H3,(H,35,41)(H,37,39)/t28-,31?/m1/s1. The second-order valence-electron chi connectivity index (χ2n) is 9.80. The van der Waals surface area contributed by atoms with Crippen LogP contribution in [0.25, 0.3) is 0 Å². The lowest BCUT2D eigenvalue weighted by Crippen LogP contribution is -2.54. The maximum Gasteiger partial charge on any atom is 0.408 e. The van der Waals surface area contributed by atoms with Crippen molar-refractivity contribution >= 4 is 29.3 Å². The van der Waals surface area contributed by atoms with E-state index in [2.05, 4.69) is 10.6 Å². The van der Waals surface area contributed by atoms with Gasteiger partial charge in [-0.3, -0.25) is 9.59 Å². The maximum atomic E-state index is 13.8. The average Bonchev–Trinajstić information content (AvgIpc) is 3.15. The predicted octanol–water partition coefficient (Wildman–Crippen LogP) is 4.87. The van der Waals surface area contributed by atoms with Crippen LogP contribution in [0.2, 0.25) is 0 Å². The molecule has 0 fully saturated rings. The van der Waals surface area contributed by atoms with E-state index in [9.17, 15) is 14.4 Å². The highest BCUT2D eigenvalue weighted by Crippen LogP contribution is 2.28. The van der Waals surface area contributed by atoms with E-state index in [0.717, 1.165) is 22.3 Å². The number of nitrogens with zero attached hydrogens (tertiary/aromatic N) is 2. The molecule has 212 valence electrons. The van der Waals surface area contributed by atoms with Crippen LogP contribution >= 0.6 is 0 Å². The smallest absolute Gasteiger partial charge is 0.408 e. The summed E-state index contributed by atoms with van der Waals surface area (Å²) in [5.74, 6) is -0.915. The lowest BCUT2D eigenvalue weighted by molar-refractivity contribution is -0.128. The SMILES string of the molecule is CCN1C(=O)C(NC(=O)[C@@H](Cc2ccccc2)NC(=O)OCc2ccccc2)N=C(c2ccccc2)c2ccccc21. The van der Waals surface area contributed by atoms with Gasteiger partial charge in [-0.1, -0.05) is 109 Å². The van der Waals surface area contributed by atoms with Crippen molar-refractivity contribution in [1.82, 2.24) is 10.6 Å². The summed E-state index contributed by atoms with van der Waals surface area (Å²) < 4.78 is 5.40. The minimum Gasteiger partial charge on any atom is -0.445 e. The zero-order chi connectivity index (χ0) is 29.3. The van der Waals surface area contributed by atoms with Crippen molar-refractivity contribution in [3.63, 3.8) is 0 Å². The molecule has 1 aliphatic heterocycles. The molecule has 4 aromatic carbocycles. The van der Waals surface area contributed by atoms with Crippen molar-refractivity contribution in [2.75, 3.05) is 11.4 Å². The van der Waals surface area contributed by atoms with Gasteiger partial charge in [-0.2, -0.15) is 0 Å². The molecule has 8 nitrogen and oxygen atoms in total. The second-order valence-corrected chi connectivity index (χ2v) is 9.80. The number of nitrogens with one attached hydrogen (secondary N) is 2. The number of para-hydroxylation sites is 1. The highest BCUT2D eigenvalue weighted by atomic mass is 16.5. The fourth-order valence-corrected chi connectivity index (χ4v) is 4.88. The number of likely N-dealkylation sites (N-methyl/N-ethyl adjacent to an activating group) is 1. The first-order chi connectivity index (χ1) is 20.5. The van der Waals surface area contributed by atoms with Crippen molar-refractivity contribution in [3.8, 4) is 0 Å². The van der Waals surface area contributed by atoms with Crippen LogP contribution in [-0.2, 0) is 27.4 Å². The number of carbonyl (C=O) groups excluding carboxylic acids is 3. The second kappa shape index (κ2) is 13.4. The fourth-order valence-electron chi connectivity index (χ4n) is 4.88. The zero-order valence-electron chi connectivity index (χ0n) is 23.3. The molecule has 0 saturated heterocycles. The minimum absolute atomic E-state index is 0.0574. The van der Waals surface area contributed by atoms with Crippen LogP contribution in [0.15, 0.2) is 120 Å². The molecule has 0 saturated carbocycles. The molecule has 0 aliphatic carbocycles. The first kappa shape index (κ1) is 28.3. The number of alkyl carbamates (subject to hydrolysis) is 1. The number of ether oxygens (including phenoxy) is 1. The maximum absolute atomic E-state index is 13.8. The molecule has 42 heavy (non-hydrogen) atoms. The first-order valence-electron chi connectivity index (χ1n) is 13.9. The highest BCUT2D eigenvalue weighted by Gasteiger charge is 2.34. The van der Waals surface area contributed by atoms with Gasteiger partial charge in [-0.05, 0) is 24.1 Å². The number of fused-ring (bicyclic) bond motifs is 1. The number of rotatable bonds is 9. The van der Waals surface area contributed by atoms with Crippen LogP contribution in [0.3, 0.4) is 0 Å². The van der Waals surface area contributed by atoms with Gasteiger partial charge in [0.25, 0.3) is 5.91 Å². The molecule has 0 bridgehead atoms. The van der Waals surface area contributed by atoms with Gasteiger partial charge in [0.2, 0.25) is 12.1 Å². The number of benzene rings is 4. The Morgan fingerprint density at radius 3 is 2.10 bits per heavy atom. The Labute approximate surface area is 245 Å². The van der Waals surface area contributed by atoms with Crippen molar-refractivity contribution in [2.24, 2.45) is 4.99 Å². The fraction of sp³-hybridized carbons (Fsp3) is 0.176. The Bertz CT molecular complexity index is 1560. The van der Waals surface area contributed by atoms with Crippen LogP contribution in [0.5, 0.6) is 0 Å². The van der Waals surface area contributed by atoms with E-state index in [4.69, 9.17) is 9.73 Å². The number of benzodiazepines with no additional fused rings is 1. The lowest BCUT2D eigenvalue weighted by atomic mass is 10.0. The summed E-state index contributed by atoms with van der Waals surface area (Å²) in [6.07, 6.45) is -1.75. The van der Waals surface area contributed by atoms with E-state index < -0.39 is 24.2 Å². The number of amides is 3. The molecule has 1 heterocycles. The molecule has 4 aromatic rings. The number of hydrogen-bond donors (Lipinski definition) is 2. The quantitative estimate of drug-likeness (QED) is 0.305. The Balaban J connectivity index is 1.42. The molecule has 0 aromatic heterocycles. The third-order valence-electron chi connectivity index (χ3n) is 6.95. The van der Waals surface area contributed by atoms with Gasteiger partial charge in [-0.25, -0.2) is 9.79 Å². The van der Waals surface area contributed by atoms with E-state index in [1.807, 2.05) is 122 Å². The summed E-state index contributed by atoms with van der Waals surface area (Å²) in [6.45, 7) is 2.32. The van der Waals surface area contributed by atoms with Gasteiger partial charge < -0.3 is 20.3 Å². The number of hydrogen-bond acceptors (Lipinski definition) is 5. The van der Waals surface area contributed by atoms with Crippen molar-refractivity contribution in [3.05, 3.63) is 138 Å². The molecule has 0 spiro atoms. The topological polar surface area (TPSA) is 100 Å². The van der Waals surface area contributed by atoms with Gasteiger partial charge in [0.15, 0.2) is 0 Å². The van der Waals surface area contributed by atoms with Gasteiger partial charge in [0.1, 0.15) is 12.6 Å². The first-order valence-corrected chi connectivity index (χ1v) is 13.9. The van der Waals surface area contributed by atoms with Crippen LogP contribution in [0, 0.1) is 0 Å². The third-order valence-corrected chi connectivity index (χ3v) is 6.95. The molecule has 3 amide bonds. The van der Waals surface area contributed by atoms with E-state index in [0.29, 0.717) is 17.9 Å². The van der Waals surface area contributed by atoms with Crippen LogP contribution in [0.4, 0.5) is 10.5 Å². The van der Waals surface area contributed by atoms with Gasteiger partial charge in [0.05, 0.1) is 11.4 Å². The normalized spacial score (nSPS) is 15.1. The molecule has 1 unspecified atom stereocenters. The summed E-state index contributed by atoms with van der Waals surface area (Å²) >= 11 is 0. The molecule has 5 rings (SSSR count). The van der Waals surface area contributed by atoms with E-state index >= 15 is 0 Å². The predicted molar refractivity (Wildman–Crippen MR) is 162 cm³/mol. The van der Waals surface area contributed by atoms with Crippen molar-refractivity contribution < 1.29 is 19.1 Å². The van der Waals surface area contributed by atoms with E-state index in [1.165, 1.54) is 0 Å². The molecule has 1 aliphatic rings. The number of anilines is 1. The summed E-state index contributed by atoms with van der Waals surface area (Å²) in [6, 6.07) is 34.7. The molecular formula is C34H32N4O4. The molecule has 8 heteroatoms. The van der Waals surface area contributed by atoms with Crippen LogP contribution in [0.1, 0.15) is 29.2 Å². The molecule has 2 atom stereocenters.